The number of rotatable bonds is 5. The lowest BCUT2D eigenvalue weighted by Crippen LogP contribution is -2.13. The summed E-state index contributed by atoms with van der Waals surface area (Å²) in [5, 5.41) is 0. The monoisotopic (exact) mass is 434 g/mol. The standard InChI is InChI=1S/C21H23F5O2S/c1-2-15-3-5-16(6-4-15)17-7-9-18(10-8-17)21(27)28-19-11-13-20(14-12-19)29(22,23,24,25)26/h7-16H,2-6H2,1H3. The van der Waals surface area contributed by atoms with Crippen LogP contribution in [0.3, 0.4) is 0 Å². The number of carbonyl (C=O) groups excluding carboxylic acids is 1. The molecule has 1 aliphatic carbocycles. The van der Waals surface area contributed by atoms with Gasteiger partial charge in [-0.05, 0) is 79.5 Å². The van der Waals surface area contributed by atoms with Crippen LogP contribution >= 0.6 is 10.2 Å². The van der Waals surface area contributed by atoms with E-state index in [0.717, 1.165) is 24.3 Å². The van der Waals surface area contributed by atoms with Crippen LogP contribution in [-0.4, -0.2) is 5.97 Å². The molecule has 2 nitrogen and oxygen atoms in total. The molecule has 0 saturated heterocycles. The summed E-state index contributed by atoms with van der Waals surface area (Å²) in [5.74, 6) is 0.252. The van der Waals surface area contributed by atoms with Gasteiger partial charge in [0.05, 0.1) is 5.56 Å². The molecule has 0 heterocycles. The lowest BCUT2D eigenvalue weighted by Gasteiger charge is -2.40. The molecule has 2 aromatic carbocycles. The lowest BCUT2D eigenvalue weighted by molar-refractivity contribution is 0.0734. The van der Waals surface area contributed by atoms with Crippen molar-refractivity contribution in [3.8, 4) is 5.75 Å². The largest absolute Gasteiger partial charge is 0.423 e. The van der Waals surface area contributed by atoms with Gasteiger partial charge in [-0.1, -0.05) is 44.9 Å². The Hall–Kier alpha value is -2.09. The number of carbonyl (C=O) groups is 1. The Kier molecular flexibility index (Phi) is 5.22. The summed E-state index contributed by atoms with van der Waals surface area (Å²) in [6, 6.07) is 8.84. The van der Waals surface area contributed by atoms with E-state index in [9.17, 15) is 24.2 Å². The Morgan fingerprint density at radius 3 is 1.93 bits per heavy atom. The highest BCUT2D eigenvalue weighted by Crippen LogP contribution is 3.02. The minimum atomic E-state index is -9.74. The first kappa shape index (κ1) is 21.6. The highest BCUT2D eigenvalue weighted by Gasteiger charge is 2.65. The predicted octanol–water partition coefficient (Wildman–Crippen LogP) is 8.25. The van der Waals surface area contributed by atoms with Gasteiger partial charge in [-0.15, -0.1) is 0 Å². The van der Waals surface area contributed by atoms with Crippen molar-refractivity contribution in [2.45, 2.75) is 49.8 Å². The zero-order valence-corrected chi connectivity index (χ0v) is 16.7. The van der Waals surface area contributed by atoms with Crippen LogP contribution in [0.4, 0.5) is 19.4 Å². The van der Waals surface area contributed by atoms with Gasteiger partial charge in [-0.25, -0.2) is 4.79 Å². The van der Waals surface area contributed by atoms with E-state index in [-0.39, 0.29) is 23.4 Å². The Morgan fingerprint density at radius 2 is 1.45 bits per heavy atom. The molecule has 0 atom stereocenters. The summed E-state index contributed by atoms with van der Waals surface area (Å²) in [7, 11) is -9.74. The molecule has 1 aliphatic rings. The topological polar surface area (TPSA) is 26.3 Å². The zero-order chi connectivity index (χ0) is 21.3. The average molecular weight is 434 g/mol. The number of hydrogen-bond acceptors (Lipinski definition) is 2. The van der Waals surface area contributed by atoms with Crippen LogP contribution in [0, 0.1) is 5.92 Å². The maximum absolute atomic E-state index is 12.7. The van der Waals surface area contributed by atoms with E-state index in [0.29, 0.717) is 18.1 Å². The number of benzene rings is 2. The third-order valence-corrected chi connectivity index (χ3v) is 6.68. The molecule has 1 fully saturated rings. The first-order valence-electron chi connectivity index (χ1n) is 9.52. The molecule has 160 valence electrons. The molecule has 0 radical (unpaired) electrons. The first-order chi connectivity index (χ1) is 13.4. The predicted molar refractivity (Wildman–Crippen MR) is 104 cm³/mol. The SMILES string of the molecule is CCC1CCC(c2ccc(C(=O)Oc3ccc(S(F)(F)(F)(F)F)cc3)cc2)CC1. The minimum absolute atomic E-state index is 0.222. The second-order valence-corrected chi connectivity index (χ2v) is 9.99. The summed E-state index contributed by atoms with van der Waals surface area (Å²) in [4.78, 5) is 10.2. The average Bonchev–Trinajstić information content (AvgIpc) is 2.67. The number of hydrogen-bond donors (Lipinski definition) is 0. The summed E-state index contributed by atoms with van der Waals surface area (Å²) in [5.41, 5.74) is 1.39. The normalized spacial score (nSPS) is 22.4. The third kappa shape index (κ3) is 5.50. The van der Waals surface area contributed by atoms with Gasteiger partial charge in [-0.3, -0.25) is 0 Å². The Bertz CT molecular complexity index is 869. The highest BCUT2D eigenvalue weighted by molar-refractivity contribution is 8.45. The molecule has 2 aromatic rings. The molecule has 29 heavy (non-hydrogen) atoms. The van der Waals surface area contributed by atoms with Crippen molar-refractivity contribution in [3.63, 3.8) is 0 Å². The van der Waals surface area contributed by atoms with E-state index in [1.165, 1.54) is 19.3 Å². The van der Waals surface area contributed by atoms with E-state index in [4.69, 9.17) is 4.74 Å². The molecular weight excluding hydrogens is 411 g/mol. The third-order valence-electron chi connectivity index (χ3n) is 5.52. The van der Waals surface area contributed by atoms with Crippen molar-refractivity contribution in [1.82, 2.24) is 0 Å². The van der Waals surface area contributed by atoms with Gasteiger partial charge in [0.2, 0.25) is 0 Å². The number of ether oxygens (including phenoxy) is 1. The fourth-order valence-corrected chi connectivity index (χ4v) is 4.38. The van der Waals surface area contributed by atoms with Crippen molar-refractivity contribution < 1.29 is 29.0 Å². The maximum atomic E-state index is 12.7. The second-order valence-electron chi connectivity index (χ2n) is 7.58. The van der Waals surface area contributed by atoms with Crippen molar-refractivity contribution in [2.75, 3.05) is 0 Å². The molecule has 0 N–H and O–H groups in total. The minimum Gasteiger partial charge on any atom is -0.423 e. The van der Waals surface area contributed by atoms with Gasteiger partial charge in [0.25, 0.3) is 0 Å². The fourth-order valence-electron chi connectivity index (χ4n) is 3.73. The van der Waals surface area contributed by atoms with Crippen molar-refractivity contribution in [2.24, 2.45) is 5.92 Å². The van der Waals surface area contributed by atoms with Gasteiger partial charge in [0, 0.05) is 0 Å². The molecule has 0 unspecified atom stereocenters. The van der Waals surface area contributed by atoms with Gasteiger partial charge >= 0.3 is 16.2 Å². The van der Waals surface area contributed by atoms with Crippen molar-refractivity contribution in [1.29, 1.82) is 0 Å². The summed E-state index contributed by atoms with van der Waals surface area (Å²) in [6.45, 7) is 2.20. The first-order valence-corrected chi connectivity index (χ1v) is 11.5. The van der Waals surface area contributed by atoms with Gasteiger partial charge < -0.3 is 4.74 Å². The van der Waals surface area contributed by atoms with E-state index < -0.39 is 21.1 Å². The molecule has 0 amide bonds. The molecule has 0 bridgehead atoms. The lowest BCUT2D eigenvalue weighted by atomic mass is 9.78. The highest BCUT2D eigenvalue weighted by atomic mass is 32.5. The molecule has 1 saturated carbocycles. The molecule has 0 aromatic heterocycles. The van der Waals surface area contributed by atoms with Crippen LogP contribution < -0.4 is 4.74 Å². The molecule has 3 rings (SSSR count). The molecule has 8 heteroatoms. The van der Waals surface area contributed by atoms with E-state index in [1.807, 2.05) is 12.1 Å². The summed E-state index contributed by atoms with van der Waals surface area (Å²) in [6.07, 6.45) is 5.81. The maximum Gasteiger partial charge on any atom is 0.343 e. The van der Waals surface area contributed by atoms with Gasteiger partial charge in [0.1, 0.15) is 10.6 Å². The van der Waals surface area contributed by atoms with Crippen LogP contribution in [0.1, 0.15) is 60.9 Å². The molecule has 0 aliphatic heterocycles. The summed E-state index contributed by atoms with van der Waals surface area (Å²) >= 11 is 0. The van der Waals surface area contributed by atoms with Crippen LogP contribution in [-0.2, 0) is 0 Å². The van der Waals surface area contributed by atoms with Crippen molar-refractivity contribution >= 4 is 16.2 Å². The van der Waals surface area contributed by atoms with E-state index in [2.05, 4.69) is 6.92 Å². The van der Waals surface area contributed by atoms with Gasteiger partial charge in [0.15, 0.2) is 0 Å². The Labute approximate surface area is 166 Å². The van der Waals surface area contributed by atoms with Crippen LogP contribution in [0.2, 0.25) is 0 Å². The Balaban J connectivity index is 1.64. The number of halogens is 5. The van der Waals surface area contributed by atoms with Crippen LogP contribution in [0.5, 0.6) is 5.75 Å². The zero-order valence-electron chi connectivity index (χ0n) is 15.9. The molecule has 0 spiro atoms. The molecular formula is C21H23F5O2S. The van der Waals surface area contributed by atoms with Crippen LogP contribution in [0.15, 0.2) is 53.4 Å². The van der Waals surface area contributed by atoms with Gasteiger partial charge in [-0.2, -0.15) is 0 Å². The van der Waals surface area contributed by atoms with E-state index >= 15 is 0 Å². The smallest absolute Gasteiger partial charge is 0.343 e. The van der Waals surface area contributed by atoms with E-state index in [1.54, 1.807) is 12.1 Å². The Morgan fingerprint density at radius 1 is 0.897 bits per heavy atom. The number of esters is 1. The quantitative estimate of drug-likeness (QED) is 0.269. The summed E-state index contributed by atoms with van der Waals surface area (Å²) < 4.78 is 68.7. The van der Waals surface area contributed by atoms with Crippen molar-refractivity contribution in [3.05, 3.63) is 59.7 Å². The van der Waals surface area contributed by atoms with Crippen LogP contribution in [0.25, 0.3) is 0 Å². The fraction of sp³-hybridized carbons (Fsp3) is 0.381. The second kappa shape index (κ2) is 7.00.